The number of ether oxygens (including phenoxy) is 1. The molecule has 0 aliphatic carbocycles. The minimum absolute atomic E-state index is 0.612. The molecular weight excluding hydrogens is 240 g/mol. The number of aromatic nitrogens is 3. The highest BCUT2D eigenvalue weighted by atomic mass is 16.5. The van der Waals surface area contributed by atoms with Crippen LogP contribution in [-0.2, 0) is 0 Å². The van der Waals surface area contributed by atoms with Crippen molar-refractivity contribution >= 4 is 0 Å². The first-order valence-electron chi connectivity index (χ1n) is 6.71. The molecule has 2 aromatic rings. The lowest BCUT2D eigenvalue weighted by Gasteiger charge is -2.22. The molecule has 0 amide bonds. The Bertz CT molecular complexity index is 489. The molecule has 0 aromatic carbocycles. The van der Waals surface area contributed by atoms with Gasteiger partial charge >= 0.3 is 0 Å². The summed E-state index contributed by atoms with van der Waals surface area (Å²) >= 11 is 0. The van der Waals surface area contributed by atoms with Crippen LogP contribution in [0.3, 0.4) is 0 Å². The van der Waals surface area contributed by atoms with E-state index in [1.54, 1.807) is 12.4 Å². The highest BCUT2D eigenvalue weighted by molar-refractivity contribution is 5.53. The van der Waals surface area contributed by atoms with Crippen molar-refractivity contribution < 1.29 is 4.74 Å². The van der Waals surface area contributed by atoms with Crippen molar-refractivity contribution in [3.8, 4) is 17.1 Å². The number of hydrogen-bond acceptors (Lipinski definition) is 4. The van der Waals surface area contributed by atoms with Crippen LogP contribution in [0.25, 0.3) is 11.4 Å². The number of nitrogens with one attached hydrogen (secondary N) is 2. The van der Waals surface area contributed by atoms with Gasteiger partial charge in [-0.1, -0.05) is 0 Å². The smallest absolute Gasteiger partial charge is 0.137 e. The molecule has 3 heterocycles. The van der Waals surface area contributed by atoms with Crippen molar-refractivity contribution in [2.45, 2.75) is 12.8 Å². The van der Waals surface area contributed by atoms with Gasteiger partial charge in [-0.25, -0.2) is 0 Å². The van der Waals surface area contributed by atoms with Gasteiger partial charge in [-0.15, -0.1) is 0 Å². The zero-order valence-corrected chi connectivity index (χ0v) is 10.8. The van der Waals surface area contributed by atoms with Crippen LogP contribution in [0.15, 0.2) is 30.6 Å². The fraction of sp³-hybridized carbons (Fsp3) is 0.429. The van der Waals surface area contributed by atoms with E-state index in [1.807, 2.05) is 18.2 Å². The fourth-order valence-corrected chi connectivity index (χ4v) is 2.30. The van der Waals surface area contributed by atoms with Crippen LogP contribution in [0.1, 0.15) is 12.8 Å². The van der Waals surface area contributed by atoms with E-state index in [0.29, 0.717) is 5.92 Å². The Morgan fingerprint density at radius 1 is 1.32 bits per heavy atom. The van der Waals surface area contributed by atoms with Crippen molar-refractivity contribution in [2.24, 2.45) is 5.92 Å². The fourth-order valence-electron chi connectivity index (χ4n) is 2.30. The first-order chi connectivity index (χ1) is 9.42. The van der Waals surface area contributed by atoms with Crippen molar-refractivity contribution in [3.05, 3.63) is 30.6 Å². The maximum atomic E-state index is 5.79. The van der Waals surface area contributed by atoms with Gasteiger partial charge in [-0.05, 0) is 37.6 Å². The minimum atomic E-state index is 0.612. The molecule has 0 spiro atoms. The van der Waals surface area contributed by atoms with Crippen LogP contribution in [0.5, 0.6) is 5.75 Å². The summed E-state index contributed by atoms with van der Waals surface area (Å²) in [6.45, 7) is 2.95. The molecule has 2 aromatic heterocycles. The third-order valence-electron chi connectivity index (χ3n) is 3.40. The summed E-state index contributed by atoms with van der Waals surface area (Å²) in [7, 11) is 0. The number of pyridine rings is 1. The summed E-state index contributed by atoms with van der Waals surface area (Å²) in [5.74, 6) is 1.44. The van der Waals surface area contributed by atoms with E-state index >= 15 is 0 Å². The Morgan fingerprint density at radius 3 is 3.00 bits per heavy atom. The van der Waals surface area contributed by atoms with Crippen molar-refractivity contribution in [1.82, 2.24) is 20.5 Å². The molecule has 100 valence electrons. The van der Waals surface area contributed by atoms with Gasteiger partial charge in [0, 0.05) is 18.7 Å². The summed E-state index contributed by atoms with van der Waals surface area (Å²) in [6, 6.07) is 5.80. The molecule has 0 unspecified atom stereocenters. The van der Waals surface area contributed by atoms with E-state index < -0.39 is 0 Å². The molecule has 1 atom stereocenters. The number of nitrogens with zero attached hydrogens (tertiary/aromatic N) is 2. The predicted octanol–water partition coefficient (Wildman–Crippen LogP) is 1.85. The number of rotatable bonds is 4. The number of hydrogen-bond donors (Lipinski definition) is 2. The Kier molecular flexibility index (Phi) is 3.74. The van der Waals surface area contributed by atoms with Crippen LogP contribution >= 0.6 is 0 Å². The SMILES string of the molecule is c1cc(-c2ccc(OC[C@@H]3CCCNC3)cn2)[nH]n1. The van der Waals surface area contributed by atoms with E-state index in [-0.39, 0.29) is 0 Å². The van der Waals surface area contributed by atoms with Crippen LogP contribution in [0, 0.1) is 5.92 Å². The lowest BCUT2D eigenvalue weighted by molar-refractivity contribution is 0.218. The Morgan fingerprint density at radius 2 is 2.32 bits per heavy atom. The minimum Gasteiger partial charge on any atom is -0.492 e. The average molecular weight is 258 g/mol. The van der Waals surface area contributed by atoms with Crippen LogP contribution in [-0.4, -0.2) is 34.9 Å². The summed E-state index contributed by atoms with van der Waals surface area (Å²) < 4.78 is 5.79. The van der Waals surface area contributed by atoms with Gasteiger partial charge in [0.2, 0.25) is 0 Å². The molecule has 1 aliphatic heterocycles. The number of aromatic amines is 1. The van der Waals surface area contributed by atoms with Gasteiger partial charge in [-0.3, -0.25) is 10.1 Å². The van der Waals surface area contributed by atoms with E-state index in [1.165, 1.54) is 12.8 Å². The molecule has 1 aliphatic rings. The summed E-state index contributed by atoms with van der Waals surface area (Å²) in [6.07, 6.45) is 5.97. The monoisotopic (exact) mass is 258 g/mol. The quantitative estimate of drug-likeness (QED) is 0.878. The van der Waals surface area contributed by atoms with Crippen LogP contribution < -0.4 is 10.1 Å². The van der Waals surface area contributed by atoms with Crippen molar-refractivity contribution in [2.75, 3.05) is 19.7 Å². The Hall–Kier alpha value is -1.88. The summed E-state index contributed by atoms with van der Waals surface area (Å²) in [4.78, 5) is 4.37. The molecule has 1 fully saturated rings. The number of piperidine rings is 1. The van der Waals surface area contributed by atoms with Gasteiger partial charge in [-0.2, -0.15) is 5.10 Å². The molecule has 0 bridgehead atoms. The zero-order valence-electron chi connectivity index (χ0n) is 10.8. The van der Waals surface area contributed by atoms with Crippen LogP contribution in [0.2, 0.25) is 0 Å². The topological polar surface area (TPSA) is 62.8 Å². The van der Waals surface area contributed by atoms with Gasteiger partial charge in [0.15, 0.2) is 0 Å². The molecular formula is C14H18N4O. The second kappa shape index (κ2) is 5.84. The first-order valence-corrected chi connectivity index (χ1v) is 6.71. The van der Waals surface area contributed by atoms with E-state index in [2.05, 4.69) is 20.5 Å². The van der Waals surface area contributed by atoms with E-state index in [4.69, 9.17) is 4.74 Å². The third-order valence-corrected chi connectivity index (χ3v) is 3.40. The van der Waals surface area contributed by atoms with Gasteiger partial charge < -0.3 is 10.1 Å². The summed E-state index contributed by atoms with van der Waals surface area (Å²) in [5, 5.41) is 10.2. The van der Waals surface area contributed by atoms with E-state index in [9.17, 15) is 0 Å². The van der Waals surface area contributed by atoms with E-state index in [0.717, 1.165) is 36.8 Å². The molecule has 19 heavy (non-hydrogen) atoms. The molecule has 3 rings (SSSR count). The van der Waals surface area contributed by atoms with Gasteiger partial charge in [0.05, 0.1) is 24.2 Å². The largest absolute Gasteiger partial charge is 0.492 e. The van der Waals surface area contributed by atoms with Crippen molar-refractivity contribution in [1.29, 1.82) is 0 Å². The Balaban J connectivity index is 1.57. The normalized spacial score (nSPS) is 19.3. The highest BCUT2D eigenvalue weighted by Gasteiger charge is 2.13. The molecule has 0 radical (unpaired) electrons. The highest BCUT2D eigenvalue weighted by Crippen LogP contribution is 2.18. The first kappa shape index (κ1) is 12.2. The average Bonchev–Trinajstić information content (AvgIpc) is 3.01. The van der Waals surface area contributed by atoms with Crippen molar-refractivity contribution in [3.63, 3.8) is 0 Å². The van der Waals surface area contributed by atoms with Gasteiger partial charge in [0.1, 0.15) is 5.75 Å². The second-order valence-electron chi connectivity index (χ2n) is 4.87. The molecule has 1 saturated heterocycles. The standard InChI is InChI=1S/C14H18N4O/c1-2-11(8-15-6-1)10-19-12-3-4-13(16-9-12)14-5-7-17-18-14/h3-5,7,9,11,15H,1-2,6,8,10H2,(H,17,18)/t11-/m1/s1. The maximum absolute atomic E-state index is 5.79. The van der Waals surface area contributed by atoms with Gasteiger partial charge in [0.25, 0.3) is 0 Å². The summed E-state index contributed by atoms with van der Waals surface area (Å²) in [5.41, 5.74) is 1.80. The maximum Gasteiger partial charge on any atom is 0.137 e. The second-order valence-corrected chi connectivity index (χ2v) is 4.87. The Labute approximate surface area is 112 Å². The predicted molar refractivity (Wildman–Crippen MR) is 72.9 cm³/mol. The molecule has 5 nitrogen and oxygen atoms in total. The molecule has 5 heteroatoms. The molecule has 2 N–H and O–H groups in total. The number of H-pyrrole nitrogens is 1. The zero-order chi connectivity index (χ0) is 12.9. The molecule has 0 saturated carbocycles. The lowest BCUT2D eigenvalue weighted by Crippen LogP contribution is -2.33. The lowest BCUT2D eigenvalue weighted by atomic mass is 10.0. The third kappa shape index (κ3) is 3.12. The van der Waals surface area contributed by atoms with Crippen LogP contribution in [0.4, 0.5) is 0 Å².